The summed E-state index contributed by atoms with van der Waals surface area (Å²) in [4.78, 5) is 46.4. The van der Waals surface area contributed by atoms with Crippen molar-refractivity contribution in [1.29, 1.82) is 0 Å². The summed E-state index contributed by atoms with van der Waals surface area (Å²) in [7, 11) is -2.62. The Kier molecular flexibility index (Phi) is 22.3. The lowest BCUT2D eigenvalue weighted by atomic mass is 10.1. The predicted octanol–water partition coefficient (Wildman–Crippen LogP) is 7.31. The fourth-order valence-electron chi connectivity index (χ4n) is 3.37. The van der Waals surface area contributed by atoms with Gasteiger partial charge < -0.3 is 24.2 Å². The number of rotatable bonds is 14. The van der Waals surface area contributed by atoms with Crippen LogP contribution in [0.5, 0.6) is 0 Å². The second-order valence-corrected chi connectivity index (χ2v) is 10.3. The third-order valence-electron chi connectivity index (χ3n) is 5.35. The molecule has 0 aliphatic rings. The van der Waals surface area contributed by atoms with Crippen molar-refractivity contribution < 1.29 is 33.7 Å². The van der Waals surface area contributed by atoms with E-state index in [0.717, 1.165) is 38.5 Å². The summed E-state index contributed by atoms with van der Waals surface area (Å²) >= 11 is 0. The molecule has 0 radical (unpaired) electrons. The highest BCUT2D eigenvalue weighted by Crippen LogP contribution is 2.14. The second-order valence-electron chi connectivity index (χ2n) is 9.73. The summed E-state index contributed by atoms with van der Waals surface area (Å²) in [5.74, 6) is 0.507. The van der Waals surface area contributed by atoms with Gasteiger partial charge in [-0.05, 0) is 36.8 Å². The van der Waals surface area contributed by atoms with E-state index in [9.17, 15) is 9.59 Å². The second kappa shape index (κ2) is 23.8. The molecule has 0 saturated heterocycles. The first-order valence-electron chi connectivity index (χ1n) is 13.4. The van der Waals surface area contributed by atoms with Gasteiger partial charge in [0.05, 0.1) is 24.3 Å². The summed E-state index contributed by atoms with van der Waals surface area (Å²) in [6, 6.07) is 18.7. The highest BCUT2D eigenvalue weighted by molar-refractivity contribution is 7.38. The van der Waals surface area contributed by atoms with Crippen molar-refractivity contribution in [3.63, 3.8) is 0 Å². The number of carbonyl (C=O) groups excluding carboxylic acids is 2. The van der Waals surface area contributed by atoms with Crippen LogP contribution in [0.2, 0.25) is 0 Å². The van der Waals surface area contributed by atoms with Crippen molar-refractivity contribution in [1.82, 2.24) is 0 Å². The Labute approximate surface area is 230 Å². The van der Waals surface area contributed by atoms with Gasteiger partial charge in [-0.3, -0.25) is 0 Å². The molecule has 0 saturated carbocycles. The van der Waals surface area contributed by atoms with Gasteiger partial charge in [-0.25, -0.2) is 9.59 Å². The van der Waals surface area contributed by atoms with Crippen molar-refractivity contribution in [3.8, 4) is 0 Å². The molecule has 2 aromatic carbocycles. The topological polar surface area (TPSA) is 113 Å². The van der Waals surface area contributed by atoms with E-state index in [1.165, 1.54) is 12.8 Å². The Morgan fingerprint density at radius 1 is 0.605 bits per heavy atom. The first-order valence-corrected chi connectivity index (χ1v) is 14.6. The zero-order chi connectivity index (χ0) is 28.6. The highest BCUT2D eigenvalue weighted by atomic mass is 31.2. The number of hydrogen-bond donors (Lipinski definition) is 3. The van der Waals surface area contributed by atoms with Gasteiger partial charge in [-0.1, -0.05) is 115 Å². The summed E-state index contributed by atoms with van der Waals surface area (Å²) in [5.41, 5.74) is 0.573. The van der Waals surface area contributed by atoms with Crippen LogP contribution in [0.1, 0.15) is 99.8 Å². The van der Waals surface area contributed by atoms with E-state index in [1.807, 2.05) is 36.4 Å². The van der Waals surface area contributed by atoms with Crippen LogP contribution >= 0.6 is 8.60 Å². The van der Waals surface area contributed by atoms with Crippen molar-refractivity contribution >= 4 is 20.5 Å². The molecule has 0 aliphatic carbocycles. The van der Waals surface area contributed by atoms with Crippen molar-refractivity contribution in [3.05, 3.63) is 71.8 Å². The lowest BCUT2D eigenvalue weighted by Crippen LogP contribution is -2.15. The van der Waals surface area contributed by atoms with Gasteiger partial charge in [0.2, 0.25) is 0 Å². The molecular formula is C30H47O7P. The van der Waals surface area contributed by atoms with Gasteiger partial charge in [0.25, 0.3) is 0 Å². The van der Waals surface area contributed by atoms with Crippen LogP contribution < -0.4 is 0 Å². The van der Waals surface area contributed by atoms with Crippen LogP contribution in [0, 0.1) is 11.8 Å². The van der Waals surface area contributed by atoms with Gasteiger partial charge in [0.15, 0.2) is 0 Å². The monoisotopic (exact) mass is 550 g/mol. The van der Waals surface area contributed by atoms with Gasteiger partial charge in [0.1, 0.15) is 0 Å². The summed E-state index contributed by atoms with van der Waals surface area (Å²) in [5, 5.41) is 0. The van der Waals surface area contributed by atoms with E-state index < -0.39 is 20.5 Å². The van der Waals surface area contributed by atoms with Crippen LogP contribution in [0.15, 0.2) is 60.7 Å². The number of unbranched alkanes of at least 4 members (excludes halogenated alkanes) is 4. The minimum absolute atomic E-state index is 0.287. The molecule has 8 heteroatoms. The maximum atomic E-state index is 12.4. The van der Waals surface area contributed by atoms with Gasteiger partial charge >= 0.3 is 20.5 Å². The van der Waals surface area contributed by atoms with E-state index in [2.05, 4.69) is 27.7 Å². The maximum absolute atomic E-state index is 12.4. The van der Waals surface area contributed by atoms with E-state index in [4.69, 9.17) is 24.2 Å². The standard InChI is InChI=1S/C24H38O4.C6H6.H3O3P/c1-19(2)13-7-5-11-17-27-23(25)21-15-9-10-16-22(21)24(26)28-18-12-6-8-14-20(3)4;1-2-4-6-5-3-1;1-4(2)3/h9-10,15-16,19-20H,5-8,11-14,17-18H2,1-4H3;1-6H;1-3H. The van der Waals surface area contributed by atoms with Gasteiger partial charge in [-0.2, -0.15) is 0 Å². The van der Waals surface area contributed by atoms with Crippen LogP contribution in [-0.4, -0.2) is 39.8 Å². The van der Waals surface area contributed by atoms with Gasteiger partial charge in [-0.15, -0.1) is 0 Å². The first kappa shape index (κ1) is 35.7. The fourth-order valence-corrected chi connectivity index (χ4v) is 3.37. The van der Waals surface area contributed by atoms with Crippen molar-refractivity contribution in [2.24, 2.45) is 11.8 Å². The number of esters is 2. The van der Waals surface area contributed by atoms with Crippen molar-refractivity contribution in [2.45, 2.75) is 79.1 Å². The molecule has 38 heavy (non-hydrogen) atoms. The normalized spacial score (nSPS) is 10.4. The van der Waals surface area contributed by atoms with Crippen LogP contribution in [0.4, 0.5) is 0 Å². The molecule has 0 aliphatic heterocycles. The Morgan fingerprint density at radius 3 is 1.21 bits per heavy atom. The summed E-state index contributed by atoms with van der Waals surface area (Å²) < 4.78 is 10.7. The average molecular weight is 551 g/mol. The smallest absolute Gasteiger partial charge is 0.339 e. The average Bonchev–Trinajstić information content (AvgIpc) is 2.88. The largest absolute Gasteiger partial charge is 0.462 e. The molecule has 2 rings (SSSR count). The minimum atomic E-state index is -2.62. The molecular weight excluding hydrogens is 503 g/mol. The third kappa shape index (κ3) is 21.7. The van der Waals surface area contributed by atoms with Crippen LogP contribution in [-0.2, 0) is 9.47 Å². The van der Waals surface area contributed by atoms with E-state index >= 15 is 0 Å². The Balaban J connectivity index is 0.00000114. The molecule has 0 amide bonds. The maximum Gasteiger partial charge on any atom is 0.339 e. The van der Waals surface area contributed by atoms with Crippen LogP contribution in [0.25, 0.3) is 0 Å². The molecule has 0 bridgehead atoms. The molecule has 0 heterocycles. The molecule has 214 valence electrons. The molecule has 0 atom stereocenters. The molecule has 0 unspecified atom stereocenters. The highest BCUT2D eigenvalue weighted by Gasteiger charge is 2.18. The third-order valence-corrected chi connectivity index (χ3v) is 5.35. The Hall–Kier alpha value is -2.31. The fraction of sp³-hybridized carbons (Fsp3) is 0.533. The Morgan fingerprint density at radius 2 is 0.921 bits per heavy atom. The molecule has 7 nitrogen and oxygen atoms in total. The summed E-state index contributed by atoms with van der Waals surface area (Å²) in [6.07, 6.45) is 8.48. The van der Waals surface area contributed by atoms with E-state index in [1.54, 1.807) is 24.3 Å². The zero-order valence-corrected chi connectivity index (χ0v) is 24.3. The number of benzene rings is 2. The Bertz CT molecular complexity index is 761. The number of hydrogen-bond acceptors (Lipinski definition) is 7. The minimum Gasteiger partial charge on any atom is -0.462 e. The number of carbonyl (C=O) groups is 2. The van der Waals surface area contributed by atoms with E-state index in [-0.39, 0.29) is 11.1 Å². The lowest BCUT2D eigenvalue weighted by Gasteiger charge is -2.10. The molecule has 3 N–H and O–H groups in total. The first-order chi connectivity index (χ1) is 18.1. The van der Waals surface area contributed by atoms with Crippen LogP contribution in [0.3, 0.4) is 0 Å². The van der Waals surface area contributed by atoms with Gasteiger partial charge in [0, 0.05) is 0 Å². The van der Waals surface area contributed by atoms with Crippen molar-refractivity contribution in [2.75, 3.05) is 13.2 Å². The quantitative estimate of drug-likeness (QED) is 0.128. The predicted molar refractivity (Wildman–Crippen MR) is 154 cm³/mol. The molecule has 0 spiro atoms. The molecule has 2 aromatic rings. The molecule has 0 aromatic heterocycles. The van der Waals surface area contributed by atoms with E-state index in [0.29, 0.717) is 25.0 Å². The number of ether oxygens (including phenoxy) is 2. The summed E-state index contributed by atoms with van der Waals surface area (Å²) in [6.45, 7) is 9.61. The lowest BCUT2D eigenvalue weighted by molar-refractivity contribution is 0.0450. The zero-order valence-electron chi connectivity index (χ0n) is 23.4. The molecule has 0 fully saturated rings. The SMILES string of the molecule is CC(C)CCCCCOC(=O)c1ccccc1C(=O)OCCCCCC(C)C.OP(O)O.c1ccccc1.